The summed E-state index contributed by atoms with van der Waals surface area (Å²) in [4.78, 5) is 27.8. The number of nitrogens with zero attached hydrogens (tertiary/aromatic N) is 1. The third-order valence-electron chi connectivity index (χ3n) is 5.31. The predicted octanol–water partition coefficient (Wildman–Crippen LogP) is 2.16. The van der Waals surface area contributed by atoms with Gasteiger partial charge in [-0.3, -0.25) is 4.79 Å². The molecule has 0 spiro atoms. The second-order valence-corrected chi connectivity index (χ2v) is 10.5. The van der Waals surface area contributed by atoms with E-state index in [-0.39, 0.29) is 29.8 Å². The molecule has 0 aliphatic carbocycles. The second-order valence-electron chi connectivity index (χ2n) is 7.33. The lowest BCUT2D eigenvalue weighted by molar-refractivity contribution is -0.116. The quantitative estimate of drug-likeness (QED) is 0.456. The minimum Gasteiger partial charge on any atom is -0.332 e. The highest BCUT2D eigenvalue weighted by atomic mass is 32.2. The molecular formula is C19H22N4O4S2. The van der Waals surface area contributed by atoms with Crippen molar-refractivity contribution in [1.29, 1.82) is 0 Å². The SMILES string of the molecule is O=C(CCCC[C@@H]1[C@H]2NC(=O)N[C@H]2CS1(=O)=O)Nc1ccc(-c2nccs2)cc1. The Morgan fingerprint density at radius 2 is 2.00 bits per heavy atom. The van der Waals surface area contributed by atoms with Crippen LogP contribution in [0.4, 0.5) is 10.5 Å². The summed E-state index contributed by atoms with van der Waals surface area (Å²) in [6.07, 6.45) is 3.72. The summed E-state index contributed by atoms with van der Waals surface area (Å²) in [6, 6.07) is 6.51. The number of carbonyl (C=O) groups excluding carboxylic acids is 2. The van der Waals surface area contributed by atoms with Gasteiger partial charge >= 0.3 is 6.03 Å². The fourth-order valence-electron chi connectivity index (χ4n) is 3.92. The number of benzene rings is 1. The van der Waals surface area contributed by atoms with E-state index >= 15 is 0 Å². The molecule has 4 rings (SSSR count). The van der Waals surface area contributed by atoms with E-state index in [4.69, 9.17) is 0 Å². The van der Waals surface area contributed by atoms with Gasteiger partial charge in [-0.25, -0.2) is 18.2 Å². The number of urea groups is 1. The minimum absolute atomic E-state index is 0.0153. The third-order valence-corrected chi connectivity index (χ3v) is 8.41. The van der Waals surface area contributed by atoms with Gasteiger partial charge in [-0.2, -0.15) is 0 Å². The summed E-state index contributed by atoms with van der Waals surface area (Å²) in [6.45, 7) is 0. The van der Waals surface area contributed by atoms with Gasteiger partial charge in [0.25, 0.3) is 0 Å². The predicted molar refractivity (Wildman–Crippen MR) is 111 cm³/mol. The monoisotopic (exact) mass is 434 g/mol. The van der Waals surface area contributed by atoms with Crippen LogP contribution in [0.3, 0.4) is 0 Å². The standard InChI is InChI=1S/C19H22N4O4S2/c24-16(21-13-7-5-12(6-8-13)18-20-9-10-28-18)4-2-1-3-15-17-14(11-29(15,26)27)22-19(25)23-17/h5-10,14-15,17H,1-4,11H2,(H,21,24)(H2,22,23,25)/t14-,15+,17-/m0/s1. The normalized spacial score (nSPS) is 24.6. The Labute approximate surface area is 173 Å². The summed E-state index contributed by atoms with van der Waals surface area (Å²) in [5, 5.41) is 10.5. The number of hydrogen-bond acceptors (Lipinski definition) is 6. The zero-order chi connectivity index (χ0) is 20.4. The number of fused-ring (bicyclic) bond motifs is 1. The first-order valence-electron chi connectivity index (χ1n) is 9.51. The fourth-order valence-corrected chi connectivity index (χ4v) is 6.84. The number of rotatable bonds is 7. The van der Waals surface area contributed by atoms with E-state index in [0.29, 0.717) is 25.7 Å². The summed E-state index contributed by atoms with van der Waals surface area (Å²) in [5.41, 5.74) is 1.72. The lowest BCUT2D eigenvalue weighted by atomic mass is 10.0. The van der Waals surface area contributed by atoms with Gasteiger partial charge in [-0.05, 0) is 37.1 Å². The topological polar surface area (TPSA) is 117 Å². The van der Waals surface area contributed by atoms with Crippen LogP contribution in [-0.4, -0.2) is 48.4 Å². The van der Waals surface area contributed by atoms with E-state index in [2.05, 4.69) is 20.9 Å². The van der Waals surface area contributed by atoms with Gasteiger partial charge in [0.1, 0.15) is 5.01 Å². The van der Waals surface area contributed by atoms with Crippen LogP contribution < -0.4 is 16.0 Å². The summed E-state index contributed by atoms with van der Waals surface area (Å²) < 4.78 is 24.6. The van der Waals surface area contributed by atoms with Crippen LogP contribution in [0.2, 0.25) is 0 Å². The third kappa shape index (κ3) is 4.43. The molecule has 0 saturated carbocycles. The Balaban J connectivity index is 1.23. The molecule has 3 atom stereocenters. The van der Waals surface area contributed by atoms with Gasteiger partial charge < -0.3 is 16.0 Å². The average Bonchev–Trinajstić information content (AvgIpc) is 3.36. The first kappa shape index (κ1) is 19.8. The van der Waals surface area contributed by atoms with Gasteiger partial charge in [0, 0.05) is 29.2 Å². The molecule has 2 fully saturated rings. The molecule has 29 heavy (non-hydrogen) atoms. The Morgan fingerprint density at radius 1 is 1.21 bits per heavy atom. The van der Waals surface area contributed by atoms with E-state index in [1.807, 2.05) is 29.6 Å². The van der Waals surface area contributed by atoms with Crippen molar-refractivity contribution in [3.05, 3.63) is 35.8 Å². The Hall–Kier alpha value is -2.46. The largest absolute Gasteiger partial charge is 0.332 e. The number of unbranched alkanes of at least 4 members (excludes halogenated alkanes) is 1. The van der Waals surface area contributed by atoms with E-state index in [0.717, 1.165) is 16.3 Å². The molecule has 3 N–H and O–H groups in total. The van der Waals surface area contributed by atoms with Crippen molar-refractivity contribution in [3.63, 3.8) is 0 Å². The van der Waals surface area contributed by atoms with Gasteiger partial charge in [0.15, 0.2) is 9.84 Å². The Morgan fingerprint density at radius 3 is 2.72 bits per heavy atom. The van der Waals surface area contributed by atoms with Gasteiger partial charge in [-0.15, -0.1) is 11.3 Å². The second kappa shape index (κ2) is 8.11. The Kier molecular flexibility index (Phi) is 5.55. The zero-order valence-corrected chi connectivity index (χ0v) is 17.3. The highest BCUT2D eigenvalue weighted by Crippen LogP contribution is 2.28. The maximum atomic E-state index is 12.3. The number of sulfone groups is 1. The molecule has 2 aliphatic heterocycles. The highest BCUT2D eigenvalue weighted by molar-refractivity contribution is 7.92. The number of amides is 3. The van der Waals surface area contributed by atoms with Crippen molar-refractivity contribution >= 4 is 38.8 Å². The van der Waals surface area contributed by atoms with E-state index in [9.17, 15) is 18.0 Å². The van der Waals surface area contributed by atoms with Crippen molar-refractivity contribution in [2.75, 3.05) is 11.1 Å². The maximum Gasteiger partial charge on any atom is 0.315 e. The molecule has 0 radical (unpaired) electrons. The number of anilines is 1. The molecule has 10 heteroatoms. The van der Waals surface area contributed by atoms with Crippen LogP contribution in [0.5, 0.6) is 0 Å². The summed E-state index contributed by atoms with van der Waals surface area (Å²) >= 11 is 1.56. The van der Waals surface area contributed by atoms with Crippen LogP contribution in [0, 0.1) is 0 Å². The first-order chi connectivity index (χ1) is 13.9. The van der Waals surface area contributed by atoms with Crippen LogP contribution in [-0.2, 0) is 14.6 Å². The summed E-state index contributed by atoms with van der Waals surface area (Å²) in [5.74, 6) is -0.117. The molecule has 1 aromatic heterocycles. The maximum absolute atomic E-state index is 12.3. The molecule has 1 aromatic carbocycles. The number of hydrogen-bond donors (Lipinski definition) is 3. The Bertz CT molecular complexity index is 990. The number of nitrogens with one attached hydrogen (secondary N) is 3. The summed E-state index contributed by atoms with van der Waals surface area (Å²) in [7, 11) is -3.22. The molecule has 0 unspecified atom stereocenters. The first-order valence-corrected chi connectivity index (χ1v) is 12.1. The zero-order valence-electron chi connectivity index (χ0n) is 15.6. The lowest BCUT2D eigenvalue weighted by Crippen LogP contribution is -2.39. The molecule has 2 aliphatic rings. The molecular weight excluding hydrogens is 412 g/mol. The van der Waals surface area contributed by atoms with Crippen LogP contribution in [0.25, 0.3) is 10.6 Å². The van der Waals surface area contributed by atoms with Crippen molar-refractivity contribution in [3.8, 4) is 10.6 Å². The van der Waals surface area contributed by atoms with Gasteiger partial charge in [0.2, 0.25) is 5.91 Å². The lowest BCUT2D eigenvalue weighted by Gasteiger charge is -2.16. The fraction of sp³-hybridized carbons (Fsp3) is 0.421. The van der Waals surface area contributed by atoms with Gasteiger partial charge in [0.05, 0.1) is 23.1 Å². The molecule has 2 saturated heterocycles. The minimum atomic E-state index is -3.22. The number of aromatic nitrogens is 1. The molecule has 3 heterocycles. The molecule has 8 nitrogen and oxygen atoms in total. The van der Waals surface area contributed by atoms with Crippen molar-refractivity contribution in [2.24, 2.45) is 0 Å². The van der Waals surface area contributed by atoms with Crippen LogP contribution in [0.1, 0.15) is 25.7 Å². The smallest absolute Gasteiger partial charge is 0.315 e. The van der Waals surface area contributed by atoms with Crippen molar-refractivity contribution < 1.29 is 18.0 Å². The van der Waals surface area contributed by atoms with Gasteiger partial charge in [-0.1, -0.05) is 6.42 Å². The molecule has 154 valence electrons. The van der Waals surface area contributed by atoms with Crippen molar-refractivity contribution in [2.45, 2.75) is 43.0 Å². The van der Waals surface area contributed by atoms with Crippen molar-refractivity contribution in [1.82, 2.24) is 15.6 Å². The molecule has 2 aromatic rings. The molecule has 3 amide bonds. The number of thiazole rings is 1. The molecule has 0 bridgehead atoms. The van der Waals surface area contributed by atoms with E-state index in [1.165, 1.54) is 0 Å². The van der Waals surface area contributed by atoms with Crippen LogP contribution in [0.15, 0.2) is 35.8 Å². The van der Waals surface area contributed by atoms with Crippen LogP contribution >= 0.6 is 11.3 Å². The van der Waals surface area contributed by atoms with E-state index in [1.54, 1.807) is 17.5 Å². The number of carbonyl (C=O) groups is 2. The average molecular weight is 435 g/mol. The van der Waals surface area contributed by atoms with E-state index < -0.39 is 15.1 Å². The highest BCUT2D eigenvalue weighted by Gasteiger charge is 2.51.